The van der Waals surface area contributed by atoms with E-state index in [4.69, 9.17) is 11.6 Å². The van der Waals surface area contributed by atoms with Gasteiger partial charge in [0, 0.05) is 28.7 Å². The van der Waals surface area contributed by atoms with E-state index >= 15 is 0 Å². The summed E-state index contributed by atoms with van der Waals surface area (Å²) in [6.07, 6.45) is 1.40. The molecule has 0 spiro atoms. The van der Waals surface area contributed by atoms with E-state index in [1.54, 1.807) is 30.3 Å². The minimum Gasteiger partial charge on any atom is -0.350 e. The van der Waals surface area contributed by atoms with Crippen molar-refractivity contribution >= 4 is 40.0 Å². The summed E-state index contributed by atoms with van der Waals surface area (Å²) in [6.45, 7) is 5.78. The lowest BCUT2D eigenvalue weighted by atomic mass is 10.1. The number of amides is 1. The minimum absolute atomic E-state index is 0.0289. The zero-order valence-corrected chi connectivity index (χ0v) is 20.5. The standard InChI is InChI=1S/C25H26ClN5O4/c1-4-11-29-23(34)19-10-9-17(22(33)27-15(3)5-2)13-20(19)31-24(29)28-30(25(31)35)14-21(32)16-7-6-8-18(26)12-16/h6-10,12-13,15H,4-5,11,14H2,1-3H3,(H,27,33). The van der Waals surface area contributed by atoms with Crippen LogP contribution < -0.4 is 16.6 Å². The average Bonchev–Trinajstić information content (AvgIpc) is 3.16. The van der Waals surface area contributed by atoms with Gasteiger partial charge in [-0.2, -0.15) is 0 Å². The van der Waals surface area contributed by atoms with Gasteiger partial charge in [0.15, 0.2) is 5.78 Å². The van der Waals surface area contributed by atoms with Crippen molar-refractivity contribution < 1.29 is 9.59 Å². The van der Waals surface area contributed by atoms with Crippen molar-refractivity contribution in [3.8, 4) is 0 Å². The Balaban J connectivity index is 1.90. The number of hydrogen-bond acceptors (Lipinski definition) is 5. The highest BCUT2D eigenvalue weighted by molar-refractivity contribution is 6.31. The van der Waals surface area contributed by atoms with Crippen molar-refractivity contribution in [3.63, 3.8) is 0 Å². The molecule has 35 heavy (non-hydrogen) atoms. The Hall–Kier alpha value is -3.72. The number of nitrogens with zero attached hydrogens (tertiary/aromatic N) is 4. The predicted molar refractivity (Wildman–Crippen MR) is 135 cm³/mol. The van der Waals surface area contributed by atoms with Gasteiger partial charge in [-0.3, -0.25) is 19.0 Å². The number of Topliss-reactive ketones (excluding diaryl/α,β-unsaturated/α-hetero) is 1. The molecule has 2 heterocycles. The summed E-state index contributed by atoms with van der Waals surface area (Å²) in [6, 6.07) is 11.1. The first-order valence-corrected chi connectivity index (χ1v) is 11.9. The lowest BCUT2D eigenvalue weighted by Gasteiger charge is -2.13. The van der Waals surface area contributed by atoms with Crippen LogP contribution in [0.15, 0.2) is 52.1 Å². The van der Waals surface area contributed by atoms with E-state index in [-0.39, 0.29) is 46.5 Å². The van der Waals surface area contributed by atoms with Crippen molar-refractivity contribution in [3.05, 3.63) is 79.5 Å². The lowest BCUT2D eigenvalue weighted by Crippen LogP contribution is -2.32. The van der Waals surface area contributed by atoms with E-state index in [1.807, 2.05) is 20.8 Å². The summed E-state index contributed by atoms with van der Waals surface area (Å²) in [7, 11) is 0. The van der Waals surface area contributed by atoms with Gasteiger partial charge in [0.25, 0.3) is 11.5 Å². The Labute approximate surface area is 205 Å². The average molecular weight is 496 g/mol. The Morgan fingerprint density at radius 3 is 2.54 bits per heavy atom. The molecule has 2 aromatic heterocycles. The highest BCUT2D eigenvalue weighted by atomic mass is 35.5. The summed E-state index contributed by atoms with van der Waals surface area (Å²) < 4.78 is 3.75. The van der Waals surface area contributed by atoms with Crippen LogP contribution in [0.1, 0.15) is 54.3 Å². The quantitative estimate of drug-likeness (QED) is 0.377. The molecule has 0 bridgehead atoms. The Bertz CT molecular complexity index is 1570. The molecule has 10 heteroatoms. The maximum atomic E-state index is 13.4. The first kappa shape index (κ1) is 24.4. The van der Waals surface area contributed by atoms with Gasteiger partial charge < -0.3 is 5.32 Å². The van der Waals surface area contributed by atoms with E-state index in [2.05, 4.69) is 10.4 Å². The van der Waals surface area contributed by atoms with E-state index in [0.717, 1.165) is 11.1 Å². The molecule has 0 saturated carbocycles. The molecule has 0 aliphatic rings. The predicted octanol–water partition coefficient (Wildman–Crippen LogP) is 3.29. The van der Waals surface area contributed by atoms with E-state index in [1.165, 1.54) is 21.1 Å². The largest absolute Gasteiger partial charge is 0.352 e. The van der Waals surface area contributed by atoms with Crippen LogP contribution in [0.5, 0.6) is 0 Å². The smallest absolute Gasteiger partial charge is 0.350 e. The summed E-state index contributed by atoms with van der Waals surface area (Å²) in [5, 5.41) is 7.92. The van der Waals surface area contributed by atoms with Crippen LogP contribution in [0.25, 0.3) is 16.7 Å². The molecule has 182 valence electrons. The third-order valence-electron chi connectivity index (χ3n) is 5.92. The van der Waals surface area contributed by atoms with Crippen molar-refractivity contribution in [1.29, 1.82) is 0 Å². The van der Waals surface area contributed by atoms with Crippen LogP contribution in [0.2, 0.25) is 5.02 Å². The number of hydrogen-bond donors (Lipinski definition) is 1. The Morgan fingerprint density at radius 1 is 1.09 bits per heavy atom. The van der Waals surface area contributed by atoms with Crippen LogP contribution in [-0.2, 0) is 13.1 Å². The number of nitrogens with one attached hydrogen (secondary N) is 1. The molecule has 4 aromatic rings. The molecule has 0 saturated heterocycles. The molecular weight excluding hydrogens is 470 g/mol. The Kier molecular flexibility index (Phi) is 6.88. The third kappa shape index (κ3) is 4.64. The van der Waals surface area contributed by atoms with E-state index in [0.29, 0.717) is 29.1 Å². The van der Waals surface area contributed by atoms with Crippen molar-refractivity contribution in [2.45, 2.75) is 52.7 Å². The van der Waals surface area contributed by atoms with Gasteiger partial charge in [0.2, 0.25) is 5.78 Å². The first-order chi connectivity index (χ1) is 16.7. The maximum Gasteiger partial charge on any atom is 0.352 e. The van der Waals surface area contributed by atoms with Crippen LogP contribution in [0, 0.1) is 0 Å². The number of aryl methyl sites for hydroxylation is 1. The normalized spacial score (nSPS) is 12.2. The van der Waals surface area contributed by atoms with Gasteiger partial charge in [-0.15, -0.1) is 5.10 Å². The van der Waals surface area contributed by atoms with Gasteiger partial charge in [-0.05, 0) is 50.1 Å². The summed E-state index contributed by atoms with van der Waals surface area (Å²) in [5.74, 6) is -0.531. The Morgan fingerprint density at radius 2 is 1.86 bits per heavy atom. The number of ketones is 1. The van der Waals surface area contributed by atoms with Gasteiger partial charge >= 0.3 is 5.69 Å². The van der Waals surface area contributed by atoms with Crippen LogP contribution in [0.4, 0.5) is 0 Å². The minimum atomic E-state index is -0.579. The second-order valence-corrected chi connectivity index (χ2v) is 8.92. The number of halogens is 1. The monoisotopic (exact) mass is 495 g/mol. The SMILES string of the molecule is CCCn1c(=O)c2ccc(C(=O)NC(C)CC)cc2n2c(=O)n(CC(=O)c3cccc(Cl)c3)nc12. The number of carbonyl (C=O) groups is 2. The molecule has 9 nitrogen and oxygen atoms in total. The van der Waals surface area contributed by atoms with Crippen molar-refractivity contribution in [2.75, 3.05) is 0 Å². The molecular formula is C25H26ClN5O4. The number of aromatic nitrogens is 4. The molecule has 1 amide bonds. The second kappa shape index (κ2) is 9.87. The van der Waals surface area contributed by atoms with Gasteiger partial charge in [0.05, 0.1) is 10.9 Å². The number of benzene rings is 2. The fourth-order valence-corrected chi connectivity index (χ4v) is 4.07. The number of fused-ring (bicyclic) bond motifs is 3. The van der Waals surface area contributed by atoms with E-state index < -0.39 is 5.69 Å². The first-order valence-electron chi connectivity index (χ1n) is 11.5. The number of carbonyl (C=O) groups excluding carboxylic acids is 2. The summed E-state index contributed by atoms with van der Waals surface area (Å²) in [4.78, 5) is 52.2. The topological polar surface area (TPSA) is 107 Å². The van der Waals surface area contributed by atoms with Crippen LogP contribution >= 0.6 is 11.6 Å². The zero-order chi connectivity index (χ0) is 25.3. The molecule has 1 unspecified atom stereocenters. The molecule has 4 rings (SSSR count). The summed E-state index contributed by atoms with van der Waals surface area (Å²) in [5.41, 5.74) is 0.0366. The van der Waals surface area contributed by atoms with Crippen molar-refractivity contribution in [1.82, 2.24) is 24.1 Å². The third-order valence-corrected chi connectivity index (χ3v) is 6.15. The molecule has 0 aliphatic heterocycles. The fourth-order valence-electron chi connectivity index (χ4n) is 3.88. The lowest BCUT2D eigenvalue weighted by molar-refractivity contribution is 0.0937. The van der Waals surface area contributed by atoms with Gasteiger partial charge in [0.1, 0.15) is 6.54 Å². The highest BCUT2D eigenvalue weighted by Gasteiger charge is 2.20. The van der Waals surface area contributed by atoms with Crippen LogP contribution in [-0.4, -0.2) is 36.5 Å². The molecule has 0 fully saturated rings. The molecule has 0 aliphatic carbocycles. The van der Waals surface area contributed by atoms with Gasteiger partial charge in [-0.1, -0.05) is 37.6 Å². The van der Waals surface area contributed by atoms with Crippen LogP contribution in [0.3, 0.4) is 0 Å². The molecule has 0 radical (unpaired) electrons. The second-order valence-electron chi connectivity index (χ2n) is 8.48. The fraction of sp³-hybridized carbons (Fsp3) is 0.320. The maximum absolute atomic E-state index is 13.4. The van der Waals surface area contributed by atoms with Crippen molar-refractivity contribution in [2.24, 2.45) is 0 Å². The zero-order valence-electron chi connectivity index (χ0n) is 19.7. The van der Waals surface area contributed by atoms with Gasteiger partial charge in [-0.25, -0.2) is 13.9 Å². The van der Waals surface area contributed by atoms with E-state index in [9.17, 15) is 19.2 Å². The molecule has 1 atom stereocenters. The highest BCUT2D eigenvalue weighted by Crippen LogP contribution is 2.16. The molecule has 1 N–H and O–H groups in total. The molecule has 2 aromatic carbocycles. The summed E-state index contributed by atoms with van der Waals surface area (Å²) >= 11 is 6.00. The number of rotatable bonds is 8.